The molecule has 0 radical (unpaired) electrons. The number of hydrogen-bond acceptors (Lipinski definition) is 7. The summed E-state index contributed by atoms with van der Waals surface area (Å²) >= 11 is 1.52. The highest BCUT2D eigenvalue weighted by Crippen LogP contribution is 2.43. The lowest BCUT2D eigenvalue weighted by Crippen LogP contribution is -2.36. The molecule has 0 saturated heterocycles. The number of aromatic nitrogens is 1. The summed E-state index contributed by atoms with van der Waals surface area (Å²) in [7, 11) is 2.67. The summed E-state index contributed by atoms with van der Waals surface area (Å²) in [5.41, 5.74) is 4.13. The number of esters is 2. The first kappa shape index (κ1) is 19.9. The van der Waals surface area contributed by atoms with Crippen LogP contribution in [-0.4, -0.2) is 36.9 Å². The van der Waals surface area contributed by atoms with Gasteiger partial charge in [0.15, 0.2) is 0 Å². The van der Waals surface area contributed by atoms with Crippen LogP contribution in [0.3, 0.4) is 0 Å². The summed E-state index contributed by atoms with van der Waals surface area (Å²) in [5.74, 6) is -2.23. The highest BCUT2D eigenvalue weighted by Gasteiger charge is 2.43. The first-order valence-electron chi connectivity index (χ1n) is 8.82. The van der Waals surface area contributed by atoms with Gasteiger partial charge in [-0.3, -0.25) is 9.79 Å². The van der Waals surface area contributed by atoms with Gasteiger partial charge in [-0.05, 0) is 26.3 Å². The van der Waals surface area contributed by atoms with E-state index < -0.39 is 23.8 Å². The third kappa shape index (κ3) is 3.49. The van der Waals surface area contributed by atoms with Gasteiger partial charge in [0, 0.05) is 34.0 Å². The topological polar surface area (TPSA) is 77.8 Å². The van der Waals surface area contributed by atoms with Crippen LogP contribution in [0, 0.1) is 12.8 Å². The van der Waals surface area contributed by atoms with Gasteiger partial charge < -0.3 is 9.47 Å². The minimum Gasteiger partial charge on any atom is -0.468 e. The number of allylic oxidation sites excluding steroid dienone is 1. The van der Waals surface area contributed by atoms with Crippen LogP contribution in [0.2, 0.25) is 0 Å². The van der Waals surface area contributed by atoms with Crippen LogP contribution in [-0.2, 0) is 19.1 Å². The highest BCUT2D eigenvalue weighted by molar-refractivity contribution is 7.13. The molecule has 0 saturated carbocycles. The average Bonchev–Trinajstić information content (AvgIpc) is 3.12. The normalized spacial score (nSPS) is 19.2. The Morgan fingerprint density at radius 3 is 2.39 bits per heavy atom. The molecule has 1 aromatic heterocycles. The van der Waals surface area contributed by atoms with Gasteiger partial charge in [0.2, 0.25) is 0 Å². The number of benzene rings is 1. The van der Waals surface area contributed by atoms with Crippen LogP contribution >= 0.6 is 11.3 Å². The Bertz CT molecular complexity index is 990. The molecule has 0 amide bonds. The van der Waals surface area contributed by atoms with Gasteiger partial charge in [-0.25, -0.2) is 9.78 Å². The summed E-state index contributed by atoms with van der Waals surface area (Å²) in [6.45, 7) is 5.47. The van der Waals surface area contributed by atoms with E-state index in [0.29, 0.717) is 17.0 Å². The molecule has 0 aliphatic carbocycles. The largest absolute Gasteiger partial charge is 0.468 e. The minimum atomic E-state index is -0.718. The van der Waals surface area contributed by atoms with Crippen LogP contribution in [0.25, 0.3) is 10.6 Å². The van der Waals surface area contributed by atoms with Crippen molar-refractivity contribution >= 4 is 29.0 Å². The molecule has 146 valence electrons. The van der Waals surface area contributed by atoms with E-state index in [-0.39, 0.29) is 0 Å². The molecule has 1 aliphatic heterocycles. The van der Waals surface area contributed by atoms with Crippen molar-refractivity contribution in [2.75, 3.05) is 14.2 Å². The standard InChI is InChI=1S/C21H22N2O4S/c1-11-10-28-19(22-11)15-9-7-6-8-14(15)18-16(20(24)26-4)12(2)23-13(3)17(18)21(25)27-5/h6-10,16,18H,1-5H3. The molecular weight excluding hydrogens is 376 g/mol. The SMILES string of the molecule is COC(=O)C1=C(C)N=C(C)C(C(=O)OC)C1c1ccccc1-c1nc(C)cs1. The Hall–Kier alpha value is -2.80. The fourth-order valence-corrected chi connectivity index (χ4v) is 4.47. The second-order valence-electron chi connectivity index (χ2n) is 6.60. The van der Waals surface area contributed by atoms with Gasteiger partial charge in [-0.2, -0.15) is 0 Å². The van der Waals surface area contributed by atoms with Crippen LogP contribution in [0.4, 0.5) is 0 Å². The molecule has 1 aromatic carbocycles. The van der Waals surface area contributed by atoms with Crippen LogP contribution in [0.15, 0.2) is 45.9 Å². The molecule has 0 N–H and O–H groups in total. The molecule has 1 aliphatic rings. The third-order valence-electron chi connectivity index (χ3n) is 4.83. The number of aliphatic imine (C=N–C) groups is 1. The fraction of sp³-hybridized carbons (Fsp3) is 0.333. The molecular formula is C21H22N2O4S. The predicted octanol–water partition coefficient (Wildman–Crippen LogP) is 3.91. The molecule has 0 spiro atoms. The summed E-state index contributed by atoms with van der Waals surface area (Å²) in [6, 6.07) is 7.68. The first-order chi connectivity index (χ1) is 13.4. The second-order valence-corrected chi connectivity index (χ2v) is 7.46. The predicted molar refractivity (Wildman–Crippen MR) is 108 cm³/mol. The number of nitrogens with zero attached hydrogens (tertiary/aromatic N) is 2. The van der Waals surface area contributed by atoms with Crippen molar-refractivity contribution in [2.24, 2.45) is 10.9 Å². The lowest BCUT2D eigenvalue weighted by atomic mass is 9.74. The molecule has 2 unspecified atom stereocenters. The number of ether oxygens (including phenoxy) is 2. The number of rotatable bonds is 4. The smallest absolute Gasteiger partial charge is 0.336 e. The van der Waals surface area contributed by atoms with Gasteiger partial charge in [-0.15, -0.1) is 11.3 Å². The molecule has 2 heterocycles. The van der Waals surface area contributed by atoms with Crippen molar-refractivity contribution in [1.82, 2.24) is 4.98 Å². The Morgan fingerprint density at radius 2 is 1.79 bits per heavy atom. The van der Waals surface area contributed by atoms with Crippen molar-refractivity contribution in [3.8, 4) is 10.6 Å². The van der Waals surface area contributed by atoms with Gasteiger partial charge in [0.1, 0.15) is 10.9 Å². The zero-order chi connectivity index (χ0) is 20.4. The molecule has 0 bridgehead atoms. The van der Waals surface area contributed by atoms with Crippen LogP contribution in [0.1, 0.15) is 31.0 Å². The van der Waals surface area contributed by atoms with E-state index in [1.54, 1.807) is 13.8 Å². The van der Waals surface area contributed by atoms with Gasteiger partial charge >= 0.3 is 11.9 Å². The zero-order valence-electron chi connectivity index (χ0n) is 16.5. The Kier molecular flexibility index (Phi) is 5.74. The maximum atomic E-state index is 12.7. The van der Waals surface area contributed by atoms with Crippen molar-refractivity contribution in [2.45, 2.75) is 26.7 Å². The molecule has 2 aromatic rings. The summed E-state index contributed by atoms with van der Waals surface area (Å²) < 4.78 is 10.1. The summed E-state index contributed by atoms with van der Waals surface area (Å²) in [4.78, 5) is 34.4. The highest BCUT2D eigenvalue weighted by atomic mass is 32.1. The van der Waals surface area contributed by atoms with Crippen molar-refractivity contribution in [1.29, 1.82) is 0 Å². The Labute approximate surface area is 167 Å². The van der Waals surface area contributed by atoms with E-state index in [1.807, 2.05) is 36.6 Å². The van der Waals surface area contributed by atoms with E-state index in [4.69, 9.17) is 9.47 Å². The average molecular weight is 398 g/mol. The molecule has 0 fully saturated rings. The number of carbonyl (C=O) groups excluding carboxylic acids is 2. The minimum absolute atomic E-state index is 0.365. The van der Waals surface area contributed by atoms with E-state index in [0.717, 1.165) is 21.8 Å². The Morgan fingerprint density at radius 1 is 1.07 bits per heavy atom. The van der Waals surface area contributed by atoms with Crippen LogP contribution < -0.4 is 0 Å². The van der Waals surface area contributed by atoms with E-state index >= 15 is 0 Å². The molecule has 2 atom stereocenters. The van der Waals surface area contributed by atoms with E-state index in [2.05, 4.69) is 9.98 Å². The third-order valence-corrected chi connectivity index (χ3v) is 5.83. The lowest BCUT2D eigenvalue weighted by molar-refractivity contribution is -0.143. The molecule has 7 heteroatoms. The van der Waals surface area contributed by atoms with Crippen molar-refractivity contribution in [3.63, 3.8) is 0 Å². The molecule has 3 rings (SSSR count). The summed E-state index contributed by atoms with van der Waals surface area (Å²) in [6.07, 6.45) is 0. The van der Waals surface area contributed by atoms with Gasteiger partial charge in [-0.1, -0.05) is 24.3 Å². The lowest BCUT2D eigenvalue weighted by Gasteiger charge is -2.32. The number of aryl methyl sites for hydroxylation is 1. The number of hydrogen-bond donors (Lipinski definition) is 0. The number of thiazole rings is 1. The number of carbonyl (C=O) groups is 2. The fourth-order valence-electron chi connectivity index (χ4n) is 3.62. The first-order valence-corrected chi connectivity index (χ1v) is 9.70. The Balaban J connectivity index is 2.27. The maximum absolute atomic E-state index is 12.7. The molecule has 6 nitrogen and oxygen atoms in total. The zero-order valence-corrected chi connectivity index (χ0v) is 17.3. The number of methoxy groups -OCH3 is 2. The quantitative estimate of drug-likeness (QED) is 0.730. The van der Waals surface area contributed by atoms with E-state index in [9.17, 15) is 9.59 Å². The van der Waals surface area contributed by atoms with E-state index in [1.165, 1.54) is 25.6 Å². The second kappa shape index (κ2) is 8.06. The van der Waals surface area contributed by atoms with Gasteiger partial charge in [0.25, 0.3) is 0 Å². The molecule has 28 heavy (non-hydrogen) atoms. The maximum Gasteiger partial charge on any atom is 0.336 e. The summed E-state index contributed by atoms with van der Waals surface area (Å²) in [5, 5.41) is 2.80. The monoisotopic (exact) mass is 398 g/mol. The van der Waals surface area contributed by atoms with Gasteiger partial charge in [0.05, 0.1) is 19.8 Å². The van der Waals surface area contributed by atoms with Crippen molar-refractivity contribution < 1.29 is 19.1 Å². The van der Waals surface area contributed by atoms with Crippen molar-refractivity contribution in [3.05, 3.63) is 52.2 Å². The van der Waals surface area contributed by atoms with Crippen LogP contribution in [0.5, 0.6) is 0 Å².